The Bertz CT molecular complexity index is 127. The van der Waals surface area contributed by atoms with Crippen molar-refractivity contribution in [1.82, 2.24) is 0 Å². The lowest BCUT2D eigenvalue weighted by Gasteiger charge is -2.36. The molecule has 0 N–H and O–H groups in total. The van der Waals surface area contributed by atoms with Crippen LogP contribution in [0, 0.1) is 0 Å². The maximum atomic E-state index is 5.85. The highest BCUT2D eigenvalue weighted by Crippen LogP contribution is 2.29. The highest BCUT2D eigenvalue weighted by atomic mass is 32.1. The largest absolute Gasteiger partial charge is 0.382 e. The number of hydrogen-bond donors (Lipinski definition) is 1. The molecule has 13 heavy (non-hydrogen) atoms. The SMILES string of the molecule is COCC1(CCCS)CCCCO1. The van der Waals surface area contributed by atoms with Crippen LogP contribution in [0.3, 0.4) is 0 Å². The zero-order valence-corrected chi connectivity index (χ0v) is 9.31. The van der Waals surface area contributed by atoms with Gasteiger partial charge in [-0.1, -0.05) is 0 Å². The molecule has 2 nitrogen and oxygen atoms in total. The van der Waals surface area contributed by atoms with Crippen LogP contribution in [0.1, 0.15) is 32.1 Å². The van der Waals surface area contributed by atoms with Gasteiger partial charge in [0.25, 0.3) is 0 Å². The Balaban J connectivity index is 2.40. The maximum absolute atomic E-state index is 5.85. The smallest absolute Gasteiger partial charge is 0.0915 e. The average molecular weight is 204 g/mol. The van der Waals surface area contributed by atoms with Crippen molar-refractivity contribution in [2.45, 2.75) is 37.7 Å². The Morgan fingerprint density at radius 2 is 2.31 bits per heavy atom. The highest BCUT2D eigenvalue weighted by molar-refractivity contribution is 7.80. The van der Waals surface area contributed by atoms with E-state index in [1.54, 1.807) is 7.11 Å². The molecule has 0 aromatic heterocycles. The van der Waals surface area contributed by atoms with E-state index < -0.39 is 0 Å². The lowest BCUT2D eigenvalue weighted by Crippen LogP contribution is -2.40. The molecule has 0 bridgehead atoms. The zero-order valence-electron chi connectivity index (χ0n) is 8.42. The van der Waals surface area contributed by atoms with Crippen molar-refractivity contribution in [1.29, 1.82) is 0 Å². The Morgan fingerprint density at radius 1 is 1.46 bits per heavy atom. The fourth-order valence-corrected chi connectivity index (χ4v) is 2.12. The van der Waals surface area contributed by atoms with E-state index >= 15 is 0 Å². The van der Waals surface area contributed by atoms with Crippen LogP contribution >= 0.6 is 12.6 Å². The van der Waals surface area contributed by atoms with E-state index in [0.717, 1.165) is 38.2 Å². The molecule has 0 spiro atoms. The van der Waals surface area contributed by atoms with Crippen molar-refractivity contribution < 1.29 is 9.47 Å². The summed E-state index contributed by atoms with van der Waals surface area (Å²) in [6, 6.07) is 0. The fraction of sp³-hybridized carbons (Fsp3) is 1.00. The summed E-state index contributed by atoms with van der Waals surface area (Å²) in [6.45, 7) is 1.64. The number of rotatable bonds is 5. The van der Waals surface area contributed by atoms with Crippen LogP contribution in [-0.2, 0) is 9.47 Å². The molecule has 1 rings (SSSR count). The minimum atomic E-state index is 0.00965. The first-order valence-corrected chi connectivity index (χ1v) is 5.70. The van der Waals surface area contributed by atoms with Gasteiger partial charge in [0.05, 0.1) is 12.2 Å². The van der Waals surface area contributed by atoms with E-state index in [9.17, 15) is 0 Å². The van der Waals surface area contributed by atoms with Crippen molar-refractivity contribution in [3.8, 4) is 0 Å². The predicted octanol–water partition coefficient (Wildman–Crippen LogP) is 2.28. The van der Waals surface area contributed by atoms with Crippen molar-refractivity contribution in [3.63, 3.8) is 0 Å². The van der Waals surface area contributed by atoms with Crippen LogP contribution in [0.5, 0.6) is 0 Å². The molecule has 3 heteroatoms. The molecule has 1 aliphatic rings. The van der Waals surface area contributed by atoms with Crippen LogP contribution in [-0.4, -0.2) is 31.7 Å². The molecule has 1 atom stereocenters. The minimum Gasteiger partial charge on any atom is -0.382 e. The summed E-state index contributed by atoms with van der Waals surface area (Å²) in [5, 5.41) is 0. The average Bonchev–Trinajstić information content (AvgIpc) is 2.17. The molecular formula is C10H20O2S. The standard InChI is InChI=1S/C10H20O2S/c1-11-9-10(6-4-8-13)5-2-3-7-12-10/h13H,2-9H2,1H3. The molecule has 0 aromatic carbocycles. The van der Waals surface area contributed by atoms with E-state index in [-0.39, 0.29) is 5.60 Å². The molecule has 1 unspecified atom stereocenters. The van der Waals surface area contributed by atoms with Gasteiger partial charge in [-0.25, -0.2) is 0 Å². The second kappa shape index (κ2) is 5.89. The van der Waals surface area contributed by atoms with Crippen LogP contribution in [0.15, 0.2) is 0 Å². The van der Waals surface area contributed by atoms with Gasteiger partial charge in [-0.05, 0) is 37.9 Å². The van der Waals surface area contributed by atoms with E-state index in [1.165, 1.54) is 12.8 Å². The summed E-state index contributed by atoms with van der Waals surface area (Å²) in [5.41, 5.74) is 0.00965. The van der Waals surface area contributed by atoms with E-state index in [1.807, 2.05) is 0 Å². The summed E-state index contributed by atoms with van der Waals surface area (Å²) in [7, 11) is 1.75. The second-order valence-electron chi connectivity index (χ2n) is 3.75. The normalized spacial score (nSPS) is 29.1. The van der Waals surface area contributed by atoms with E-state index in [0.29, 0.717) is 0 Å². The number of hydrogen-bond acceptors (Lipinski definition) is 3. The van der Waals surface area contributed by atoms with Crippen LogP contribution in [0.4, 0.5) is 0 Å². The highest BCUT2D eigenvalue weighted by Gasteiger charge is 2.32. The van der Waals surface area contributed by atoms with Gasteiger partial charge in [0.2, 0.25) is 0 Å². The number of methoxy groups -OCH3 is 1. The van der Waals surface area contributed by atoms with Crippen LogP contribution < -0.4 is 0 Å². The Morgan fingerprint density at radius 3 is 2.85 bits per heavy atom. The molecule has 1 aliphatic heterocycles. The van der Waals surface area contributed by atoms with Crippen molar-refractivity contribution in [2.75, 3.05) is 26.1 Å². The van der Waals surface area contributed by atoms with Crippen molar-refractivity contribution in [2.24, 2.45) is 0 Å². The van der Waals surface area contributed by atoms with E-state index in [2.05, 4.69) is 12.6 Å². The summed E-state index contributed by atoms with van der Waals surface area (Å²) >= 11 is 4.23. The maximum Gasteiger partial charge on any atom is 0.0915 e. The molecule has 1 heterocycles. The molecule has 0 saturated carbocycles. The summed E-state index contributed by atoms with van der Waals surface area (Å²) in [6.07, 6.45) is 5.83. The first-order valence-electron chi connectivity index (χ1n) is 5.07. The minimum absolute atomic E-state index is 0.00965. The molecule has 0 aliphatic carbocycles. The van der Waals surface area contributed by atoms with Gasteiger partial charge >= 0.3 is 0 Å². The van der Waals surface area contributed by atoms with Gasteiger partial charge in [0.1, 0.15) is 0 Å². The molecule has 0 radical (unpaired) electrons. The van der Waals surface area contributed by atoms with Gasteiger partial charge in [0.15, 0.2) is 0 Å². The van der Waals surface area contributed by atoms with Gasteiger partial charge in [-0.3, -0.25) is 0 Å². The monoisotopic (exact) mass is 204 g/mol. The van der Waals surface area contributed by atoms with Crippen LogP contribution in [0.25, 0.3) is 0 Å². The quantitative estimate of drug-likeness (QED) is 0.693. The first kappa shape index (κ1) is 11.3. The summed E-state index contributed by atoms with van der Waals surface area (Å²) in [5.74, 6) is 0.939. The van der Waals surface area contributed by atoms with Gasteiger partial charge in [0, 0.05) is 13.7 Å². The topological polar surface area (TPSA) is 18.5 Å². The number of thiol groups is 1. The third-order valence-corrected chi connectivity index (χ3v) is 2.95. The fourth-order valence-electron chi connectivity index (χ4n) is 1.96. The second-order valence-corrected chi connectivity index (χ2v) is 4.20. The number of ether oxygens (including phenoxy) is 2. The molecule has 1 saturated heterocycles. The van der Waals surface area contributed by atoms with Crippen molar-refractivity contribution in [3.05, 3.63) is 0 Å². The van der Waals surface area contributed by atoms with Gasteiger partial charge in [-0.2, -0.15) is 12.6 Å². The zero-order chi connectivity index (χ0) is 9.57. The first-order chi connectivity index (χ1) is 6.33. The lowest BCUT2D eigenvalue weighted by molar-refractivity contribution is -0.120. The van der Waals surface area contributed by atoms with Gasteiger partial charge < -0.3 is 9.47 Å². The third kappa shape index (κ3) is 3.49. The summed E-state index contributed by atoms with van der Waals surface area (Å²) < 4.78 is 11.1. The molecule has 0 amide bonds. The van der Waals surface area contributed by atoms with Crippen LogP contribution in [0.2, 0.25) is 0 Å². The molecule has 78 valence electrons. The lowest BCUT2D eigenvalue weighted by atomic mass is 9.90. The summed E-state index contributed by atoms with van der Waals surface area (Å²) in [4.78, 5) is 0. The molecular weight excluding hydrogens is 184 g/mol. The molecule has 0 aromatic rings. The van der Waals surface area contributed by atoms with E-state index in [4.69, 9.17) is 9.47 Å². The predicted molar refractivity (Wildman–Crippen MR) is 57.5 cm³/mol. The Hall–Kier alpha value is 0.270. The molecule has 1 fully saturated rings. The van der Waals surface area contributed by atoms with Crippen molar-refractivity contribution >= 4 is 12.6 Å². The Labute approximate surface area is 86.4 Å². The van der Waals surface area contributed by atoms with Gasteiger partial charge in [-0.15, -0.1) is 0 Å². The Kier molecular flexibility index (Phi) is 5.14. The third-order valence-electron chi connectivity index (χ3n) is 2.63.